The lowest BCUT2D eigenvalue weighted by molar-refractivity contribution is 0.171. The van der Waals surface area contributed by atoms with Gasteiger partial charge in [-0.15, -0.1) is 0 Å². The molecule has 1 aromatic rings. The molecular weight excluding hydrogens is 274 g/mol. The van der Waals surface area contributed by atoms with E-state index in [0.29, 0.717) is 29.9 Å². The molecule has 20 heavy (non-hydrogen) atoms. The summed E-state index contributed by atoms with van der Waals surface area (Å²) in [5.41, 5.74) is 1.23. The minimum atomic E-state index is 0.577. The van der Waals surface area contributed by atoms with Gasteiger partial charge in [-0.1, -0.05) is 25.4 Å². The summed E-state index contributed by atoms with van der Waals surface area (Å²) in [7, 11) is 0. The maximum atomic E-state index is 6.23. The highest BCUT2D eigenvalue weighted by Crippen LogP contribution is 2.38. The predicted octanol–water partition coefficient (Wildman–Crippen LogP) is 3.68. The van der Waals surface area contributed by atoms with E-state index in [2.05, 4.69) is 25.2 Å². The highest BCUT2D eigenvalue weighted by atomic mass is 35.5. The van der Waals surface area contributed by atoms with Crippen molar-refractivity contribution in [3.8, 4) is 11.5 Å². The molecule has 1 aromatic carbocycles. The number of halogens is 1. The number of rotatable bonds is 7. The van der Waals surface area contributed by atoms with Crippen LogP contribution in [0.25, 0.3) is 0 Å². The normalized spacial score (nSPS) is 13.8. The molecular formula is C16H24ClNO2. The molecule has 0 spiro atoms. The molecule has 0 amide bonds. The standard InChI is InChI=1S/C16H24ClNO2/c1-12(2)11-18-6-4-3-5-13-9-14(17)16-15(10-13)19-7-8-20-16/h9-10,12,18H,3-8,11H2,1-2H3. The molecule has 0 bridgehead atoms. The number of aryl methyl sites for hydroxylation is 1. The van der Waals surface area contributed by atoms with Crippen LogP contribution >= 0.6 is 11.6 Å². The Morgan fingerprint density at radius 1 is 1.20 bits per heavy atom. The maximum absolute atomic E-state index is 6.23. The quantitative estimate of drug-likeness (QED) is 0.779. The molecule has 0 saturated heterocycles. The van der Waals surface area contributed by atoms with Gasteiger partial charge in [-0.05, 0) is 56.0 Å². The second-order valence-corrected chi connectivity index (χ2v) is 6.06. The van der Waals surface area contributed by atoms with Crippen molar-refractivity contribution < 1.29 is 9.47 Å². The van der Waals surface area contributed by atoms with Gasteiger partial charge in [0.05, 0.1) is 5.02 Å². The van der Waals surface area contributed by atoms with Crippen LogP contribution in [0.15, 0.2) is 12.1 Å². The van der Waals surface area contributed by atoms with E-state index in [1.165, 1.54) is 12.0 Å². The van der Waals surface area contributed by atoms with Gasteiger partial charge in [-0.25, -0.2) is 0 Å². The molecule has 0 fully saturated rings. The van der Waals surface area contributed by atoms with Gasteiger partial charge in [0.15, 0.2) is 11.5 Å². The second-order valence-electron chi connectivity index (χ2n) is 5.66. The van der Waals surface area contributed by atoms with Crippen molar-refractivity contribution in [3.63, 3.8) is 0 Å². The summed E-state index contributed by atoms with van der Waals surface area (Å²) in [5.74, 6) is 2.20. The monoisotopic (exact) mass is 297 g/mol. The van der Waals surface area contributed by atoms with Crippen LogP contribution in [0.1, 0.15) is 32.3 Å². The molecule has 2 rings (SSSR count). The topological polar surface area (TPSA) is 30.5 Å². The van der Waals surface area contributed by atoms with Crippen LogP contribution < -0.4 is 14.8 Å². The van der Waals surface area contributed by atoms with Gasteiger partial charge in [-0.3, -0.25) is 0 Å². The largest absolute Gasteiger partial charge is 0.486 e. The third kappa shape index (κ3) is 4.57. The average Bonchev–Trinajstić information content (AvgIpc) is 2.42. The van der Waals surface area contributed by atoms with Crippen LogP contribution in [-0.4, -0.2) is 26.3 Å². The van der Waals surface area contributed by atoms with Gasteiger partial charge in [0, 0.05) is 0 Å². The fraction of sp³-hybridized carbons (Fsp3) is 0.625. The number of hydrogen-bond acceptors (Lipinski definition) is 3. The molecule has 0 atom stereocenters. The Hall–Kier alpha value is -0.930. The third-order valence-electron chi connectivity index (χ3n) is 3.28. The summed E-state index contributed by atoms with van der Waals surface area (Å²) in [4.78, 5) is 0. The molecule has 1 aliphatic rings. The fourth-order valence-corrected chi connectivity index (χ4v) is 2.57. The fourth-order valence-electron chi connectivity index (χ4n) is 2.28. The minimum absolute atomic E-state index is 0.577. The van der Waals surface area contributed by atoms with Crippen LogP contribution in [0.3, 0.4) is 0 Å². The zero-order valence-electron chi connectivity index (χ0n) is 12.4. The third-order valence-corrected chi connectivity index (χ3v) is 3.56. The van der Waals surface area contributed by atoms with Gasteiger partial charge in [0.25, 0.3) is 0 Å². The first-order chi connectivity index (χ1) is 9.66. The predicted molar refractivity (Wildman–Crippen MR) is 83.1 cm³/mol. The molecule has 1 N–H and O–H groups in total. The summed E-state index contributed by atoms with van der Waals surface area (Å²) in [5, 5.41) is 4.12. The molecule has 4 heteroatoms. The van der Waals surface area contributed by atoms with Crippen LogP contribution in [0.4, 0.5) is 0 Å². The molecule has 0 aliphatic carbocycles. The first-order valence-electron chi connectivity index (χ1n) is 7.45. The van der Waals surface area contributed by atoms with Crippen molar-refractivity contribution in [1.82, 2.24) is 5.32 Å². The number of nitrogens with one attached hydrogen (secondary N) is 1. The Bertz CT molecular complexity index is 435. The van der Waals surface area contributed by atoms with Crippen molar-refractivity contribution in [2.24, 2.45) is 5.92 Å². The van der Waals surface area contributed by atoms with Crippen LogP contribution in [0.5, 0.6) is 11.5 Å². The lowest BCUT2D eigenvalue weighted by atomic mass is 10.1. The number of benzene rings is 1. The molecule has 0 unspecified atom stereocenters. The van der Waals surface area contributed by atoms with E-state index < -0.39 is 0 Å². The van der Waals surface area contributed by atoms with E-state index in [-0.39, 0.29) is 0 Å². The second kappa shape index (κ2) is 7.75. The van der Waals surface area contributed by atoms with Gasteiger partial charge >= 0.3 is 0 Å². The van der Waals surface area contributed by atoms with Crippen molar-refractivity contribution in [1.29, 1.82) is 0 Å². The summed E-state index contributed by atoms with van der Waals surface area (Å²) in [6.45, 7) is 7.81. The van der Waals surface area contributed by atoms with E-state index in [1.54, 1.807) is 0 Å². The summed E-state index contributed by atoms with van der Waals surface area (Å²) < 4.78 is 11.1. The first kappa shape index (κ1) is 15.5. The highest BCUT2D eigenvalue weighted by molar-refractivity contribution is 6.32. The Kier molecular flexibility index (Phi) is 5.99. The van der Waals surface area contributed by atoms with Gasteiger partial charge in [-0.2, -0.15) is 0 Å². The van der Waals surface area contributed by atoms with Crippen LogP contribution in [0.2, 0.25) is 5.02 Å². The first-order valence-corrected chi connectivity index (χ1v) is 7.83. The summed E-state index contributed by atoms with van der Waals surface area (Å²) in [6.07, 6.45) is 3.36. The van der Waals surface area contributed by atoms with Crippen LogP contribution in [-0.2, 0) is 6.42 Å². The number of hydrogen-bond donors (Lipinski definition) is 1. The van der Waals surface area contributed by atoms with E-state index in [0.717, 1.165) is 31.7 Å². The van der Waals surface area contributed by atoms with Gasteiger partial charge < -0.3 is 14.8 Å². The zero-order valence-corrected chi connectivity index (χ0v) is 13.1. The van der Waals surface area contributed by atoms with Crippen molar-refractivity contribution in [2.45, 2.75) is 33.1 Å². The molecule has 3 nitrogen and oxygen atoms in total. The number of unbranched alkanes of at least 4 members (excludes halogenated alkanes) is 1. The van der Waals surface area contributed by atoms with Gasteiger partial charge in [0.1, 0.15) is 13.2 Å². The highest BCUT2D eigenvalue weighted by Gasteiger charge is 2.16. The number of fused-ring (bicyclic) bond motifs is 1. The van der Waals surface area contributed by atoms with Gasteiger partial charge in [0.2, 0.25) is 0 Å². The Morgan fingerprint density at radius 2 is 2.00 bits per heavy atom. The lowest BCUT2D eigenvalue weighted by Gasteiger charge is -2.20. The van der Waals surface area contributed by atoms with E-state index in [1.807, 2.05) is 6.07 Å². The Balaban J connectivity index is 1.77. The maximum Gasteiger partial charge on any atom is 0.179 e. The van der Waals surface area contributed by atoms with Crippen molar-refractivity contribution in [2.75, 3.05) is 26.3 Å². The number of ether oxygens (including phenoxy) is 2. The molecule has 0 radical (unpaired) electrons. The molecule has 0 aromatic heterocycles. The smallest absolute Gasteiger partial charge is 0.179 e. The summed E-state index contributed by atoms with van der Waals surface area (Å²) >= 11 is 6.23. The van der Waals surface area contributed by atoms with Crippen LogP contribution in [0, 0.1) is 5.92 Å². The average molecular weight is 298 g/mol. The molecule has 1 heterocycles. The van der Waals surface area contributed by atoms with E-state index in [4.69, 9.17) is 21.1 Å². The lowest BCUT2D eigenvalue weighted by Crippen LogP contribution is -2.20. The zero-order chi connectivity index (χ0) is 14.4. The molecule has 0 saturated carbocycles. The van der Waals surface area contributed by atoms with Crippen molar-refractivity contribution in [3.05, 3.63) is 22.7 Å². The summed E-state index contributed by atoms with van der Waals surface area (Å²) in [6, 6.07) is 4.05. The minimum Gasteiger partial charge on any atom is -0.486 e. The Labute approximate surface area is 126 Å². The van der Waals surface area contributed by atoms with E-state index >= 15 is 0 Å². The Morgan fingerprint density at radius 3 is 2.80 bits per heavy atom. The van der Waals surface area contributed by atoms with E-state index in [9.17, 15) is 0 Å². The molecule has 112 valence electrons. The molecule has 1 aliphatic heterocycles. The SMILES string of the molecule is CC(C)CNCCCCc1cc(Cl)c2c(c1)OCCO2. The van der Waals surface area contributed by atoms with Crippen molar-refractivity contribution >= 4 is 11.6 Å².